The number of halogens is 3. The lowest BCUT2D eigenvalue weighted by atomic mass is 10.1. The zero-order valence-corrected chi connectivity index (χ0v) is 23.0. The van der Waals surface area contributed by atoms with Crippen LogP contribution in [0.15, 0.2) is 24.4 Å². The maximum Gasteiger partial charge on any atom is 0.421 e. The van der Waals surface area contributed by atoms with E-state index >= 15 is 0 Å². The summed E-state index contributed by atoms with van der Waals surface area (Å²) < 4.78 is 41.2. The molecule has 4 heterocycles. The minimum absolute atomic E-state index is 0.119. The lowest BCUT2D eigenvalue weighted by molar-refractivity contribution is -0.137. The Morgan fingerprint density at radius 3 is 2.55 bits per heavy atom. The lowest BCUT2D eigenvalue weighted by Crippen LogP contribution is -2.52. The molecule has 2 unspecified atom stereocenters. The molecule has 1 aromatic carbocycles. The molecule has 2 aromatic rings. The number of anilines is 4. The van der Waals surface area contributed by atoms with Crippen LogP contribution >= 0.6 is 0 Å². The fraction of sp³-hybridized carbons (Fsp3) is 0.621. The number of nitrogens with one attached hydrogen (secondary N) is 2. The Labute approximate surface area is 233 Å². The summed E-state index contributed by atoms with van der Waals surface area (Å²) in [5.74, 6) is 0.450. The molecule has 1 saturated carbocycles. The molecule has 1 aliphatic carbocycles. The van der Waals surface area contributed by atoms with Crippen molar-refractivity contribution in [2.24, 2.45) is 0 Å². The summed E-state index contributed by atoms with van der Waals surface area (Å²) in [6.45, 7) is 3.56. The molecular formula is C29H38F3N7O. The first kappa shape index (κ1) is 27.1. The number of piperidine rings is 1. The van der Waals surface area contributed by atoms with E-state index in [1.807, 2.05) is 6.07 Å². The Hall–Kier alpha value is -3.08. The molecule has 2 atom stereocenters. The van der Waals surface area contributed by atoms with E-state index in [9.17, 15) is 18.0 Å². The number of aromatic nitrogens is 2. The lowest BCUT2D eigenvalue weighted by Gasteiger charge is -2.40. The fourth-order valence-electron chi connectivity index (χ4n) is 6.40. The molecule has 0 radical (unpaired) electrons. The average molecular weight is 558 g/mol. The molecule has 2 N–H and O–H groups in total. The average Bonchev–Trinajstić information content (AvgIpc) is 3.75. The molecular weight excluding hydrogens is 519 g/mol. The Bertz CT molecular complexity index is 1220. The predicted molar refractivity (Wildman–Crippen MR) is 149 cm³/mol. The van der Waals surface area contributed by atoms with Gasteiger partial charge >= 0.3 is 6.18 Å². The van der Waals surface area contributed by atoms with Gasteiger partial charge in [0, 0.05) is 68.8 Å². The number of rotatable bonds is 9. The highest BCUT2D eigenvalue weighted by atomic mass is 19.4. The first-order valence-electron chi connectivity index (χ1n) is 14.6. The normalized spacial score (nSPS) is 23.6. The van der Waals surface area contributed by atoms with E-state index in [1.165, 1.54) is 24.1 Å². The van der Waals surface area contributed by atoms with Crippen LogP contribution in [0.3, 0.4) is 0 Å². The third-order valence-electron chi connectivity index (χ3n) is 8.92. The van der Waals surface area contributed by atoms with Gasteiger partial charge in [-0.05, 0) is 81.7 Å². The standard InChI is InChI=1S/C29H38F3N7O/c1-37-21-8-9-22(37)18-39(17-21)20-10-11-25(23(15-20)19-6-7-19)35-28-34-16-24(29(30,31)32)27(36-28)33-12-4-14-38-13-3-2-5-26(38)40/h10-11,15-16,19,21-22H,2-9,12-14,17-18H2,1H3,(H2,33,34,35,36). The minimum Gasteiger partial charge on any atom is -0.369 e. The van der Waals surface area contributed by atoms with Crippen LogP contribution in [0.4, 0.5) is 36.3 Å². The summed E-state index contributed by atoms with van der Waals surface area (Å²) >= 11 is 0. The van der Waals surface area contributed by atoms with Gasteiger partial charge in [0.1, 0.15) is 11.4 Å². The van der Waals surface area contributed by atoms with Crippen LogP contribution < -0.4 is 15.5 Å². The number of hydrogen-bond donors (Lipinski definition) is 2. The minimum atomic E-state index is -4.58. The first-order chi connectivity index (χ1) is 19.3. The van der Waals surface area contributed by atoms with E-state index in [-0.39, 0.29) is 24.2 Å². The van der Waals surface area contributed by atoms with Crippen molar-refractivity contribution in [3.8, 4) is 0 Å². The van der Waals surface area contributed by atoms with Gasteiger partial charge in [0.25, 0.3) is 0 Å². The maximum atomic E-state index is 13.7. The van der Waals surface area contributed by atoms with Crippen molar-refractivity contribution in [2.75, 3.05) is 55.3 Å². The number of alkyl halides is 3. The van der Waals surface area contributed by atoms with Crippen molar-refractivity contribution in [1.29, 1.82) is 0 Å². The molecule has 2 bridgehead atoms. The largest absolute Gasteiger partial charge is 0.421 e. The van der Waals surface area contributed by atoms with Crippen molar-refractivity contribution in [3.05, 3.63) is 35.5 Å². The third-order valence-corrected chi connectivity index (χ3v) is 8.92. The molecule has 1 amide bonds. The quantitative estimate of drug-likeness (QED) is 0.410. The molecule has 4 aliphatic rings. The Kier molecular flexibility index (Phi) is 7.50. The van der Waals surface area contributed by atoms with E-state index in [0.29, 0.717) is 43.9 Å². The second-order valence-corrected chi connectivity index (χ2v) is 11.7. The van der Waals surface area contributed by atoms with Gasteiger partial charge in [0.2, 0.25) is 11.9 Å². The highest BCUT2D eigenvalue weighted by molar-refractivity contribution is 5.76. The van der Waals surface area contributed by atoms with Crippen molar-refractivity contribution in [3.63, 3.8) is 0 Å². The molecule has 216 valence electrons. The number of carbonyl (C=O) groups excluding carboxylic acids is 1. The van der Waals surface area contributed by atoms with E-state index in [1.54, 1.807) is 4.90 Å². The van der Waals surface area contributed by atoms with Crippen molar-refractivity contribution < 1.29 is 18.0 Å². The summed E-state index contributed by atoms with van der Waals surface area (Å²) in [6.07, 6.45) is 3.92. The van der Waals surface area contributed by atoms with E-state index in [4.69, 9.17) is 0 Å². The summed E-state index contributed by atoms with van der Waals surface area (Å²) in [4.78, 5) is 27.1. The summed E-state index contributed by atoms with van der Waals surface area (Å²) in [5, 5.41) is 6.08. The monoisotopic (exact) mass is 557 g/mol. The molecule has 0 spiro atoms. The van der Waals surface area contributed by atoms with Crippen molar-refractivity contribution in [2.45, 2.75) is 75.5 Å². The van der Waals surface area contributed by atoms with Gasteiger partial charge in [0.15, 0.2) is 0 Å². The fourth-order valence-corrected chi connectivity index (χ4v) is 6.40. The Morgan fingerprint density at radius 1 is 1.07 bits per heavy atom. The van der Waals surface area contributed by atoms with Crippen LogP contribution in [0.25, 0.3) is 0 Å². The predicted octanol–water partition coefficient (Wildman–Crippen LogP) is 5.21. The molecule has 11 heteroatoms. The van der Waals surface area contributed by atoms with Crippen molar-refractivity contribution in [1.82, 2.24) is 19.8 Å². The molecule has 4 fully saturated rings. The molecule has 3 aliphatic heterocycles. The van der Waals surface area contributed by atoms with Crippen LogP contribution in [-0.2, 0) is 11.0 Å². The van der Waals surface area contributed by atoms with E-state index < -0.39 is 11.7 Å². The van der Waals surface area contributed by atoms with Gasteiger partial charge < -0.3 is 20.4 Å². The van der Waals surface area contributed by atoms with Crippen LogP contribution in [0.2, 0.25) is 0 Å². The number of carbonyl (C=O) groups is 1. The van der Waals surface area contributed by atoms with E-state index in [0.717, 1.165) is 50.7 Å². The van der Waals surface area contributed by atoms with Gasteiger partial charge in [-0.3, -0.25) is 9.69 Å². The maximum absolute atomic E-state index is 13.7. The summed E-state index contributed by atoms with van der Waals surface area (Å²) in [5.41, 5.74) is 2.33. The zero-order chi connectivity index (χ0) is 27.9. The number of amides is 1. The second kappa shape index (κ2) is 11.1. The number of benzene rings is 1. The molecule has 8 nitrogen and oxygen atoms in total. The second-order valence-electron chi connectivity index (χ2n) is 11.7. The van der Waals surface area contributed by atoms with Crippen LogP contribution in [0.1, 0.15) is 68.4 Å². The zero-order valence-electron chi connectivity index (χ0n) is 23.0. The number of fused-ring (bicyclic) bond motifs is 2. The number of nitrogens with zero attached hydrogens (tertiary/aromatic N) is 5. The topological polar surface area (TPSA) is 76.6 Å². The van der Waals surface area contributed by atoms with Gasteiger partial charge in [-0.1, -0.05) is 0 Å². The number of likely N-dealkylation sites (tertiary alicyclic amines) is 1. The highest BCUT2D eigenvalue weighted by Crippen LogP contribution is 2.46. The first-order valence-corrected chi connectivity index (χ1v) is 14.6. The molecule has 40 heavy (non-hydrogen) atoms. The van der Waals surface area contributed by atoms with Crippen LogP contribution in [-0.4, -0.2) is 77.5 Å². The molecule has 3 saturated heterocycles. The van der Waals surface area contributed by atoms with Gasteiger partial charge in [-0.15, -0.1) is 0 Å². The van der Waals surface area contributed by atoms with Gasteiger partial charge in [-0.2, -0.15) is 18.2 Å². The van der Waals surface area contributed by atoms with Gasteiger partial charge in [0.05, 0.1) is 0 Å². The third kappa shape index (κ3) is 5.84. The molecule has 6 rings (SSSR count). The summed E-state index contributed by atoms with van der Waals surface area (Å²) in [7, 11) is 2.23. The highest BCUT2D eigenvalue weighted by Gasteiger charge is 2.38. The van der Waals surface area contributed by atoms with Crippen LogP contribution in [0.5, 0.6) is 0 Å². The molecule has 1 aromatic heterocycles. The number of likely N-dealkylation sites (N-methyl/N-ethyl adjacent to an activating group) is 1. The van der Waals surface area contributed by atoms with Crippen molar-refractivity contribution >= 4 is 29.0 Å². The number of piperazine rings is 1. The SMILES string of the molecule is CN1C2CCC1CN(c1ccc(Nc3ncc(C(F)(F)F)c(NCCCN4CCCCC4=O)n3)c(C3CC3)c1)C2. The Morgan fingerprint density at radius 2 is 1.85 bits per heavy atom. The van der Waals surface area contributed by atoms with Gasteiger partial charge in [-0.25, -0.2) is 4.98 Å². The smallest absolute Gasteiger partial charge is 0.369 e. The van der Waals surface area contributed by atoms with E-state index in [2.05, 4.69) is 49.6 Å². The number of hydrogen-bond acceptors (Lipinski definition) is 7. The van der Waals surface area contributed by atoms with Crippen LogP contribution in [0, 0.1) is 0 Å². The summed E-state index contributed by atoms with van der Waals surface area (Å²) in [6, 6.07) is 7.55. The Balaban J connectivity index is 1.16.